The molecule has 3 rings (SSSR count). The van der Waals surface area contributed by atoms with Crippen LogP contribution in [0.15, 0.2) is 78.9 Å². The molecule has 154 valence electrons. The number of carbonyl (C=O) groups excluding carboxylic acids is 2. The normalized spacial score (nSPS) is 12.5. The number of carbonyl (C=O) groups is 2. The highest BCUT2D eigenvalue weighted by Crippen LogP contribution is 2.19. The zero-order valence-electron chi connectivity index (χ0n) is 17.4. The van der Waals surface area contributed by atoms with Crippen LogP contribution in [-0.4, -0.2) is 17.9 Å². The average Bonchev–Trinajstić information content (AvgIpc) is 2.76. The molecule has 0 spiro atoms. The van der Waals surface area contributed by atoms with E-state index in [1.54, 1.807) is 31.2 Å². The van der Waals surface area contributed by atoms with Crippen LogP contribution in [0.4, 0.5) is 5.69 Å². The number of para-hydroxylation sites is 1. The van der Waals surface area contributed by atoms with Gasteiger partial charge in [0.1, 0.15) is 5.75 Å². The van der Waals surface area contributed by atoms with Gasteiger partial charge in [0.2, 0.25) is 0 Å². The quantitative estimate of drug-likeness (QED) is 0.591. The van der Waals surface area contributed by atoms with Crippen molar-refractivity contribution in [1.82, 2.24) is 5.32 Å². The predicted octanol–water partition coefficient (Wildman–Crippen LogP) is 4.89. The number of hydrogen-bond acceptors (Lipinski definition) is 3. The van der Waals surface area contributed by atoms with Crippen molar-refractivity contribution < 1.29 is 14.3 Å². The Labute approximate surface area is 177 Å². The molecule has 30 heavy (non-hydrogen) atoms. The minimum absolute atomic E-state index is 0.161. The Kier molecular flexibility index (Phi) is 6.86. The van der Waals surface area contributed by atoms with Gasteiger partial charge < -0.3 is 15.4 Å². The molecule has 3 aromatic rings. The van der Waals surface area contributed by atoms with Gasteiger partial charge in [-0.3, -0.25) is 9.59 Å². The van der Waals surface area contributed by atoms with Crippen molar-refractivity contribution in [2.24, 2.45) is 0 Å². The fourth-order valence-corrected chi connectivity index (χ4v) is 3.00. The summed E-state index contributed by atoms with van der Waals surface area (Å²) >= 11 is 0. The number of ether oxygens (including phenoxy) is 1. The van der Waals surface area contributed by atoms with Crippen molar-refractivity contribution in [3.8, 4) is 5.75 Å². The molecule has 0 saturated carbocycles. The second-order valence-corrected chi connectivity index (χ2v) is 7.21. The van der Waals surface area contributed by atoms with E-state index in [0.29, 0.717) is 17.0 Å². The molecule has 2 atom stereocenters. The van der Waals surface area contributed by atoms with E-state index in [-0.39, 0.29) is 17.9 Å². The summed E-state index contributed by atoms with van der Waals surface area (Å²) in [7, 11) is 0. The molecule has 2 amide bonds. The first-order chi connectivity index (χ1) is 14.4. The third-order valence-corrected chi connectivity index (χ3v) is 4.78. The van der Waals surface area contributed by atoms with Crippen LogP contribution >= 0.6 is 0 Å². The number of rotatable bonds is 7. The molecule has 0 heterocycles. The monoisotopic (exact) mass is 402 g/mol. The smallest absolute Gasteiger partial charge is 0.265 e. The van der Waals surface area contributed by atoms with E-state index in [9.17, 15) is 9.59 Å². The average molecular weight is 402 g/mol. The van der Waals surface area contributed by atoms with Gasteiger partial charge in [-0.25, -0.2) is 0 Å². The molecule has 0 aliphatic heterocycles. The fourth-order valence-electron chi connectivity index (χ4n) is 3.00. The molecule has 2 unspecified atom stereocenters. The zero-order chi connectivity index (χ0) is 21.5. The third kappa shape index (κ3) is 5.47. The van der Waals surface area contributed by atoms with Gasteiger partial charge in [-0.15, -0.1) is 0 Å². The van der Waals surface area contributed by atoms with Crippen LogP contribution in [0.3, 0.4) is 0 Å². The number of hydrogen-bond donors (Lipinski definition) is 2. The first-order valence-corrected chi connectivity index (χ1v) is 9.93. The highest BCUT2D eigenvalue weighted by molar-refractivity contribution is 6.04. The molecule has 0 aliphatic rings. The van der Waals surface area contributed by atoms with Gasteiger partial charge in [-0.2, -0.15) is 0 Å². The van der Waals surface area contributed by atoms with Gasteiger partial charge in [0.15, 0.2) is 6.10 Å². The minimum atomic E-state index is -0.716. The first kappa shape index (κ1) is 21.1. The molecule has 0 aliphatic carbocycles. The maximum absolute atomic E-state index is 12.8. The van der Waals surface area contributed by atoms with E-state index in [1.807, 2.05) is 68.4 Å². The summed E-state index contributed by atoms with van der Waals surface area (Å²) in [6, 6.07) is 24.0. The molecule has 5 heteroatoms. The molecule has 0 radical (unpaired) electrons. The van der Waals surface area contributed by atoms with Gasteiger partial charge in [0.25, 0.3) is 11.8 Å². The highest BCUT2D eigenvalue weighted by Gasteiger charge is 2.19. The molecule has 2 N–H and O–H groups in total. The van der Waals surface area contributed by atoms with E-state index in [0.717, 1.165) is 11.1 Å². The molecule has 0 fully saturated rings. The Balaban J connectivity index is 1.67. The SMILES string of the molecule is Cc1ccc(OC(C)C(=O)Nc2ccccc2C(=O)NC(C)c2ccccc2)cc1. The Morgan fingerprint density at radius 3 is 2.17 bits per heavy atom. The maximum atomic E-state index is 12.8. The Hall–Kier alpha value is -3.60. The Morgan fingerprint density at radius 2 is 1.47 bits per heavy atom. The largest absolute Gasteiger partial charge is 0.481 e. The fraction of sp³-hybridized carbons (Fsp3) is 0.200. The lowest BCUT2D eigenvalue weighted by Gasteiger charge is -2.18. The highest BCUT2D eigenvalue weighted by atomic mass is 16.5. The van der Waals surface area contributed by atoms with Crippen molar-refractivity contribution in [3.05, 3.63) is 95.6 Å². The van der Waals surface area contributed by atoms with Gasteiger partial charge in [-0.1, -0.05) is 60.2 Å². The number of nitrogens with one attached hydrogen (secondary N) is 2. The van der Waals surface area contributed by atoms with Crippen molar-refractivity contribution >= 4 is 17.5 Å². The van der Waals surface area contributed by atoms with E-state index in [1.165, 1.54) is 0 Å². The molecular weight excluding hydrogens is 376 g/mol. The third-order valence-electron chi connectivity index (χ3n) is 4.78. The molecular formula is C25H26N2O3. The van der Waals surface area contributed by atoms with Crippen molar-refractivity contribution in [1.29, 1.82) is 0 Å². The second-order valence-electron chi connectivity index (χ2n) is 7.21. The first-order valence-electron chi connectivity index (χ1n) is 9.93. The summed E-state index contributed by atoms with van der Waals surface area (Å²) < 4.78 is 5.71. The molecule has 3 aromatic carbocycles. The van der Waals surface area contributed by atoms with Gasteiger partial charge in [0.05, 0.1) is 17.3 Å². The lowest BCUT2D eigenvalue weighted by Crippen LogP contribution is -2.32. The molecule has 0 saturated heterocycles. The summed E-state index contributed by atoms with van der Waals surface area (Å²) in [5.41, 5.74) is 2.97. The number of benzene rings is 3. The van der Waals surface area contributed by atoms with E-state index >= 15 is 0 Å². The van der Waals surface area contributed by atoms with Crippen LogP contribution in [0, 0.1) is 6.92 Å². The van der Waals surface area contributed by atoms with Crippen LogP contribution in [0.25, 0.3) is 0 Å². The topological polar surface area (TPSA) is 67.4 Å². The summed E-state index contributed by atoms with van der Waals surface area (Å²) in [6.07, 6.45) is -0.716. The second kappa shape index (κ2) is 9.74. The number of amides is 2. The predicted molar refractivity (Wildman–Crippen MR) is 119 cm³/mol. The van der Waals surface area contributed by atoms with Gasteiger partial charge in [-0.05, 0) is 50.6 Å². The maximum Gasteiger partial charge on any atom is 0.265 e. The molecule has 5 nitrogen and oxygen atoms in total. The van der Waals surface area contributed by atoms with Crippen LogP contribution in [0.1, 0.15) is 41.4 Å². The van der Waals surface area contributed by atoms with Crippen LogP contribution < -0.4 is 15.4 Å². The van der Waals surface area contributed by atoms with Crippen molar-refractivity contribution in [2.75, 3.05) is 5.32 Å². The standard InChI is InChI=1S/C25H26N2O3/c1-17-13-15-21(16-14-17)30-19(3)24(28)27-23-12-8-7-11-22(23)25(29)26-18(2)20-9-5-4-6-10-20/h4-16,18-19H,1-3H3,(H,26,29)(H,27,28). The lowest BCUT2D eigenvalue weighted by molar-refractivity contribution is -0.122. The summed E-state index contributed by atoms with van der Waals surface area (Å²) in [5, 5.41) is 5.79. The van der Waals surface area contributed by atoms with Crippen LogP contribution in [-0.2, 0) is 4.79 Å². The summed E-state index contributed by atoms with van der Waals surface area (Å²) in [4.78, 5) is 25.5. The van der Waals surface area contributed by atoms with Crippen LogP contribution in [0.2, 0.25) is 0 Å². The number of aryl methyl sites for hydroxylation is 1. The zero-order valence-corrected chi connectivity index (χ0v) is 17.4. The van der Waals surface area contributed by atoms with E-state index in [2.05, 4.69) is 10.6 Å². The van der Waals surface area contributed by atoms with E-state index in [4.69, 9.17) is 4.74 Å². The van der Waals surface area contributed by atoms with Gasteiger partial charge >= 0.3 is 0 Å². The van der Waals surface area contributed by atoms with E-state index < -0.39 is 6.10 Å². The minimum Gasteiger partial charge on any atom is -0.481 e. The molecule has 0 aromatic heterocycles. The Bertz CT molecular complexity index is 1000. The van der Waals surface area contributed by atoms with Crippen molar-refractivity contribution in [3.63, 3.8) is 0 Å². The summed E-state index contributed by atoms with van der Waals surface area (Å²) in [5.74, 6) is 0.0345. The number of anilines is 1. The van der Waals surface area contributed by atoms with Crippen LogP contribution in [0.5, 0.6) is 5.75 Å². The van der Waals surface area contributed by atoms with Gasteiger partial charge in [0, 0.05) is 0 Å². The Morgan fingerprint density at radius 1 is 0.833 bits per heavy atom. The molecule has 0 bridgehead atoms. The van der Waals surface area contributed by atoms with Crippen molar-refractivity contribution in [2.45, 2.75) is 32.9 Å². The lowest BCUT2D eigenvalue weighted by atomic mass is 10.1. The summed E-state index contributed by atoms with van der Waals surface area (Å²) in [6.45, 7) is 5.59.